The number of carboxylic acids is 1. The van der Waals surface area contributed by atoms with Crippen LogP contribution in [0.5, 0.6) is 17.2 Å². The Bertz CT molecular complexity index is 1420. The highest BCUT2D eigenvalue weighted by atomic mass is 16.4. The maximum absolute atomic E-state index is 12.4. The Kier molecular flexibility index (Phi) is 8.02. The van der Waals surface area contributed by atoms with E-state index in [1.807, 2.05) is 13.0 Å². The lowest BCUT2D eigenvalue weighted by molar-refractivity contribution is -0.132. The van der Waals surface area contributed by atoms with Crippen molar-refractivity contribution < 1.29 is 29.6 Å². The zero-order chi connectivity index (χ0) is 25.7. The third kappa shape index (κ3) is 6.12. The lowest BCUT2D eigenvalue weighted by Gasteiger charge is -2.09. The molecular weight excluding hydrogens is 448 g/mol. The summed E-state index contributed by atoms with van der Waals surface area (Å²) in [6.45, 7) is 6.15. The number of hydrogen-bond donors (Lipinski definition) is 4. The highest BCUT2D eigenvalue weighted by Crippen LogP contribution is 2.37. The normalized spacial score (nSPS) is 12.3. The summed E-state index contributed by atoms with van der Waals surface area (Å²) in [7, 11) is 0. The first kappa shape index (κ1) is 25.6. The van der Waals surface area contributed by atoms with E-state index in [4.69, 9.17) is 4.42 Å². The molecule has 2 aromatic carbocycles. The third-order valence-electron chi connectivity index (χ3n) is 5.86. The van der Waals surface area contributed by atoms with E-state index < -0.39 is 11.6 Å². The fourth-order valence-corrected chi connectivity index (χ4v) is 3.96. The molecule has 0 saturated carbocycles. The predicted octanol–water partition coefficient (Wildman–Crippen LogP) is 6.09. The number of carboxylic acid groups (broad SMARTS) is 1. The van der Waals surface area contributed by atoms with Crippen molar-refractivity contribution in [3.8, 4) is 17.2 Å². The van der Waals surface area contributed by atoms with E-state index in [9.17, 15) is 30.0 Å². The molecule has 184 valence electrons. The zero-order valence-corrected chi connectivity index (χ0v) is 20.1. The first-order chi connectivity index (χ1) is 16.6. The molecule has 1 heterocycles. The van der Waals surface area contributed by atoms with Gasteiger partial charge in [0.05, 0.1) is 0 Å². The van der Waals surface area contributed by atoms with E-state index in [0.29, 0.717) is 18.4 Å². The molecule has 0 aliphatic rings. The molecule has 7 nitrogen and oxygen atoms in total. The lowest BCUT2D eigenvalue weighted by atomic mass is 10.0. The Balaban J connectivity index is 1.85. The topological polar surface area (TPSA) is 128 Å². The van der Waals surface area contributed by atoms with Crippen molar-refractivity contribution in [1.82, 2.24) is 0 Å². The van der Waals surface area contributed by atoms with Crippen LogP contribution >= 0.6 is 0 Å². The van der Waals surface area contributed by atoms with Crippen LogP contribution in [0.1, 0.15) is 52.0 Å². The van der Waals surface area contributed by atoms with Crippen molar-refractivity contribution >= 4 is 27.7 Å². The predicted molar refractivity (Wildman–Crippen MR) is 136 cm³/mol. The molecule has 0 atom stereocenters. The number of allylic oxidation sites excluding steroid dienone is 5. The van der Waals surface area contributed by atoms with Crippen LogP contribution < -0.4 is 5.63 Å². The Morgan fingerprint density at radius 1 is 0.886 bits per heavy atom. The summed E-state index contributed by atoms with van der Waals surface area (Å²) in [5.74, 6) is -1.75. The van der Waals surface area contributed by atoms with E-state index in [0.717, 1.165) is 12.8 Å². The van der Waals surface area contributed by atoms with Gasteiger partial charge in [0.1, 0.15) is 28.2 Å². The Morgan fingerprint density at radius 3 is 2.20 bits per heavy atom. The largest absolute Gasteiger partial charge is 0.508 e. The van der Waals surface area contributed by atoms with Gasteiger partial charge < -0.3 is 24.8 Å². The SMILES string of the molecule is CC(C)=CCC/C(C)=C/CC/C(=C/Cc1cc2oc(=O)c3c(O)ccc(O)c3c2cc1O)C(=O)O. The molecule has 3 rings (SSSR count). The van der Waals surface area contributed by atoms with Crippen LogP contribution in [0.25, 0.3) is 21.7 Å². The molecule has 0 spiro atoms. The van der Waals surface area contributed by atoms with Crippen LogP contribution in [0.4, 0.5) is 0 Å². The molecule has 0 unspecified atom stereocenters. The summed E-state index contributed by atoms with van der Waals surface area (Å²) in [5.41, 5.74) is 2.35. The van der Waals surface area contributed by atoms with Crippen molar-refractivity contribution in [2.45, 2.75) is 52.9 Å². The first-order valence-corrected chi connectivity index (χ1v) is 11.4. The highest BCUT2D eigenvalue weighted by molar-refractivity contribution is 6.10. The summed E-state index contributed by atoms with van der Waals surface area (Å²) in [6, 6.07) is 5.22. The number of aromatic hydroxyl groups is 3. The van der Waals surface area contributed by atoms with E-state index in [1.54, 1.807) is 0 Å². The Hall–Kier alpha value is -4.00. The average Bonchev–Trinajstić information content (AvgIpc) is 2.78. The summed E-state index contributed by atoms with van der Waals surface area (Å²) < 4.78 is 5.31. The van der Waals surface area contributed by atoms with Gasteiger partial charge in [-0.05, 0) is 77.1 Å². The molecule has 35 heavy (non-hydrogen) atoms. The molecule has 4 N–H and O–H groups in total. The van der Waals surface area contributed by atoms with Crippen molar-refractivity contribution in [3.63, 3.8) is 0 Å². The number of hydrogen-bond acceptors (Lipinski definition) is 6. The molecule has 0 amide bonds. The second-order valence-corrected chi connectivity index (χ2v) is 8.87. The van der Waals surface area contributed by atoms with Gasteiger partial charge in [0.15, 0.2) is 0 Å². The molecule has 0 radical (unpaired) electrons. The second-order valence-electron chi connectivity index (χ2n) is 8.87. The lowest BCUT2D eigenvalue weighted by Crippen LogP contribution is -2.02. The van der Waals surface area contributed by atoms with Crippen molar-refractivity contribution in [2.24, 2.45) is 0 Å². The van der Waals surface area contributed by atoms with Crippen LogP contribution in [0.15, 0.2) is 68.4 Å². The average molecular weight is 479 g/mol. The van der Waals surface area contributed by atoms with Crippen LogP contribution in [0.3, 0.4) is 0 Å². The maximum atomic E-state index is 12.4. The minimum absolute atomic E-state index is 0.0756. The van der Waals surface area contributed by atoms with Gasteiger partial charge in [-0.1, -0.05) is 29.4 Å². The van der Waals surface area contributed by atoms with Crippen LogP contribution in [0, 0.1) is 0 Å². The molecular formula is C28H30O7. The van der Waals surface area contributed by atoms with E-state index in [-0.39, 0.29) is 51.0 Å². The smallest absolute Gasteiger partial charge is 0.348 e. The Morgan fingerprint density at radius 2 is 1.54 bits per heavy atom. The fraction of sp³-hybridized carbons (Fsp3) is 0.286. The molecule has 0 aliphatic heterocycles. The highest BCUT2D eigenvalue weighted by Gasteiger charge is 2.17. The van der Waals surface area contributed by atoms with Gasteiger partial charge in [-0.3, -0.25) is 0 Å². The van der Waals surface area contributed by atoms with Gasteiger partial charge in [-0.2, -0.15) is 0 Å². The zero-order valence-electron chi connectivity index (χ0n) is 20.1. The molecule has 3 aromatic rings. The second kappa shape index (κ2) is 11.0. The number of phenols is 3. The van der Waals surface area contributed by atoms with Gasteiger partial charge in [0, 0.05) is 21.9 Å². The molecule has 0 saturated heterocycles. The summed E-state index contributed by atoms with van der Waals surface area (Å²) in [4.78, 5) is 24.1. The van der Waals surface area contributed by atoms with Crippen LogP contribution in [0.2, 0.25) is 0 Å². The minimum Gasteiger partial charge on any atom is -0.508 e. The summed E-state index contributed by atoms with van der Waals surface area (Å²) in [5, 5.41) is 40.6. The molecule has 0 bridgehead atoms. The van der Waals surface area contributed by atoms with Crippen LogP contribution in [-0.2, 0) is 11.2 Å². The monoisotopic (exact) mass is 478 g/mol. The first-order valence-electron chi connectivity index (χ1n) is 11.4. The third-order valence-corrected chi connectivity index (χ3v) is 5.86. The number of carbonyl (C=O) groups is 1. The molecule has 7 heteroatoms. The quantitative estimate of drug-likeness (QED) is 0.0963. The van der Waals surface area contributed by atoms with Gasteiger partial charge >= 0.3 is 11.6 Å². The van der Waals surface area contributed by atoms with Crippen molar-refractivity contribution in [1.29, 1.82) is 0 Å². The Labute approximate surface area is 203 Å². The maximum Gasteiger partial charge on any atom is 0.348 e. The van der Waals surface area contributed by atoms with Gasteiger partial charge in [-0.15, -0.1) is 0 Å². The summed E-state index contributed by atoms with van der Waals surface area (Å²) >= 11 is 0. The van der Waals surface area contributed by atoms with Crippen molar-refractivity contribution in [3.05, 3.63) is 75.2 Å². The van der Waals surface area contributed by atoms with Gasteiger partial charge in [0.2, 0.25) is 0 Å². The number of fused-ring (bicyclic) bond motifs is 3. The number of phenolic OH excluding ortho intramolecular Hbond substituents is 3. The van der Waals surface area contributed by atoms with Gasteiger partial charge in [0.25, 0.3) is 0 Å². The molecule has 0 fully saturated rings. The summed E-state index contributed by atoms with van der Waals surface area (Å²) in [6.07, 6.45) is 8.68. The van der Waals surface area contributed by atoms with Crippen LogP contribution in [-0.4, -0.2) is 26.4 Å². The van der Waals surface area contributed by atoms with Crippen molar-refractivity contribution in [2.75, 3.05) is 0 Å². The van der Waals surface area contributed by atoms with E-state index in [2.05, 4.69) is 19.9 Å². The number of benzene rings is 2. The van der Waals surface area contributed by atoms with Gasteiger partial charge in [-0.25, -0.2) is 9.59 Å². The standard InChI is InChI=1S/C28H30O7/c1-16(2)6-4-7-17(3)8-5-9-18(27(32)33)10-11-19-14-24-20(15-23(19)31)25-21(29)12-13-22(30)26(25)28(34)35-24/h6,8,10,12-15,29-31H,4-5,7,9,11H2,1-3H3,(H,32,33)/b17-8+,18-10-. The van der Waals surface area contributed by atoms with E-state index in [1.165, 1.54) is 41.5 Å². The number of rotatable bonds is 9. The minimum atomic E-state index is -1.03. The molecule has 0 aliphatic carbocycles. The molecule has 1 aromatic heterocycles. The fourth-order valence-electron chi connectivity index (χ4n) is 3.96. The number of aliphatic carboxylic acids is 1. The van der Waals surface area contributed by atoms with E-state index >= 15 is 0 Å².